The third-order valence-electron chi connectivity index (χ3n) is 6.94. The van der Waals surface area contributed by atoms with Crippen molar-refractivity contribution in [3.8, 4) is 5.75 Å². The predicted octanol–water partition coefficient (Wildman–Crippen LogP) is 5.16. The van der Waals surface area contributed by atoms with Crippen molar-refractivity contribution in [2.75, 3.05) is 49.6 Å². The molecule has 0 bridgehead atoms. The maximum atomic E-state index is 13.5. The highest BCUT2D eigenvalue weighted by atomic mass is 19.4. The first kappa shape index (κ1) is 24.4. The fraction of sp³-hybridized carbons (Fsp3) is 0.500. The van der Waals surface area contributed by atoms with Crippen molar-refractivity contribution in [3.05, 3.63) is 53.6 Å². The van der Waals surface area contributed by atoms with Crippen LogP contribution in [-0.2, 0) is 11.0 Å². The zero-order valence-corrected chi connectivity index (χ0v) is 20.2. The summed E-state index contributed by atoms with van der Waals surface area (Å²) in [6, 6.07) is 11.3. The van der Waals surface area contributed by atoms with Crippen LogP contribution in [0, 0.1) is 0 Å². The van der Waals surface area contributed by atoms with Gasteiger partial charge in [0.15, 0.2) is 0 Å². The Labute approximate surface area is 199 Å². The van der Waals surface area contributed by atoms with Crippen molar-refractivity contribution in [1.82, 2.24) is 4.90 Å². The second-order valence-corrected chi connectivity index (χ2v) is 9.88. The summed E-state index contributed by atoms with van der Waals surface area (Å²) in [5.74, 6) is 1.12. The molecule has 1 fully saturated rings. The van der Waals surface area contributed by atoms with Gasteiger partial charge in [0.1, 0.15) is 5.75 Å². The summed E-state index contributed by atoms with van der Waals surface area (Å²) in [4.78, 5) is 19.5. The van der Waals surface area contributed by atoms with E-state index in [9.17, 15) is 18.0 Å². The zero-order valence-electron chi connectivity index (χ0n) is 20.2. The first-order valence-electron chi connectivity index (χ1n) is 11.6. The van der Waals surface area contributed by atoms with Gasteiger partial charge in [-0.05, 0) is 68.1 Å². The summed E-state index contributed by atoms with van der Waals surface area (Å²) in [5.41, 5.74) is 1.64. The Morgan fingerprint density at radius 3 is 2.44 bits per heavy atom. The second kappa shape index (κ2) is 9.13. The van der Waals surface area contributed by atoms with Gasteiger partial charge in [0.25, 0.3) is 0 Å². The summed E-state index contributed by atoms with van der Waals surface area (Å²) in [6.07, 6.45) is -3.51. The van der Waals surface area contributed by atoms with Crippen molar-refractivity contribution in [1.29, 1.82) is 0 Å². The molecule has 1 amide bonds. The van der Waals surface area contributed by atoms with E-state index in [1.807, 2.05) is 28.0 Å². The average molecular weight is 476 g/mol. The van der Waals surface area contributed by atoms with Crippen molar-refractivity contribution >= 4 is 17.3 Å². The smallest absolute Gasteiger partial charge is 0.416 e. The van der Waals surface area contributed by atoms with Crippen LogP contribution >= 0.6 is 0 Å². The number of piperazine rings is 1. The van der Waals surface area contributed by atoms with E-state index >= 15 is 0 Å². The number of amides is 1. The van der Waals surface area contributed by atoms with Crippen molar-refractivity contribution in [2.45, 2.75) is 44.8 Å². The van der Waals surface area contributed by atoms with E-state index < -0.39 is 11.7 Å². The predicted molar refractivity (Wildman–Crippen MR) is 128 cm³/mol. The molecule has 0 aromatic heterocycles. The molecule has 0 spiro atoms. The number of halogens is 3. The van der Waals surface area contributed by atoms with Crippen molar-refractivity contribution < 1.29 is 22.7 Å². The number of ether oxygens (including phenoxy) is 1. The van der Waals surface area contributed by atoms with E-state index in [1.54, 1.807) is 13.2 Å². The van der Waals surface area contributed by atoms with Crippen LogP contribution < -0.4 is 14.5 Å². The molecule has 0 saturated carbocycles. The van der Waals surface area contributed by atoms with Crippen molar-refractivity contribution in [3.63, 3.8) is 0 Å². The molecule has 8 heteroatoms. The first-order chi connectivity index (χ1) is 16.0. The third-order valence-corrected chi connectivity index (χ3v) is 6.94. The number of hydrogen-bond acceptors (Lipinski definition) is 4. The van der Waals surface area contributed by atoms with Gasteiger partial charge in [-0.3, -0.25) is 9.69 Å². The van der Waals surface area contributed by atoms with Gasteiger partial charge in [-0.2, -0.15) is 13.2 Å². The Kier molecular flexibility index (Phi) is 6.55. The number of nitrogens with zero attached hydrogens (tertiary/aromatic N) is 3. The summed E-state index contributed by atoms with van der Waals surface area (Å²) in [7, 11) is 1.64. The van der Waals surface area contributed by atoms with Gasteiger partial charge in [-0.25, -0.2) is 0 Å². The van der Waals surface area contributed by atoms with Gasteiger partial charge < -0.3 is 14.5 Å². The lowest BCUT2D eigenvalue weighted by molar-refractivity contribution is -0.137. The number of alkyl halides is 3. The van der Waals surface area contributed by atoms with Gasteiger partial charge in [0, 0.05) is 43.1 Å². The van der Waals surface area contributed by atoms with Crippen LogP contribution in [0.15, 0.2) is 42.5 Å². The Hall–Kier alpha value is -2.74. The molecule has 2 aromatic rings. The minimum Gasteiger partial charge on any atom is -0.497 e. The number of hydrogen-bond donors (Lipinski definition) is 0. The molecule has 1 atom stereocenters. The number of rotatable bonds is 4. The number of benzene rings is 2. The molecular weight excluding hydrogens is 443 g/mol. The monoisotopic (exact) mass is 475 g/mol. The van der Waals surface area contributed by atoms with Crippen LogP contribution in [0.3, 0.4) is 0 Å². The lowest BCUT2D eigenvalue weighted by Crippen LogP contribution is -2.56. The molecule has 2 aliphatic rings. The number of fused-ring (bicyclic) bond motifs is 1. The maximum absolute atomic E-state index is 13.5. The Balaban J connectivity index is 1.45. The molecule has 0 aliphatic carbocycles. The normalized spacial score (nSPS) is 20.7. The molecule has 2 heterocycles. The minimum atomic E-state index is -4.36. The Morgan fingerprint density at radius 2 is 1.79 bits per heavy atom. The quantitative estimate of drug-likeness (QED) is 0.613. The number of methoxy groups -OCH3 is 1. The molecule has 184 valence electrons. The van der Waals surface area contributed by atoms with Crippen molar-refractivity contribution in [2.24, 2.45) is 0 Å². The van der Waals surface area contributed by atoms with E-state index in [0.717, 1.165) is 29.5 Å². The molecule has 2 aliphatic heterocycles. The van der Waals surface area contributed by atoms with Crippen LogP contribution in [0.25, 0.3) is 0 Å². The maximum Gasteiger partial charge on any atom is 0.416 e. The lowest BCUT2D eigenvalue weighted by Gasteiger charge is -2.47. The topological polar surface area (TPSA) is 36.0 Å². The van der Waals surface area contributed by atoms with E-state index in [2.05, 4.69) is 25.7 Å². The third kappa shape index (κ3) is 4.87. The first-order valence-corrected chi connectivity index (χ1v) is 11.6. The van der Waals surface area contributed by atoms with Crippen LogP contribution in [0.4, 0.5) is 24.5 Å². The summed E-state index contributed by atoms with van der Waals surface area (Å²) < 4.78 is 44.6. The van der Waals surface area contributed by atoms with Crippen LogP contribution in [-0.4, -0.2) is 56.2 Å². The molecule has 0 N–H and O–H groups in total. The molecule has 0 radical (unpaired) electrons. The van der Waals surface area contributed by atoms with Gasteiger partial charge in [-0.15, -0.1) is 0 Å². The van der Waals surface area contributed by atoms with E-state index in [4.69, 9.17) is 4.74 Å². The standard InChI is InChI=1S/C26H32F3N3O2/c1-18-16-25(2,3)32(23-9-8-21(34-4)15-22(18)23)24(33)17-30-10-12-31(13-11-30)20-7-5-6-19(14-20)26(27,28)29/h5-9,14-15,18H,10-13,16-17H2,1-4H3/t18-/m0/s1. The van der Waals surface area contributed by atoms with Crippen LogP contribution in [0.2, 0.25) is 0 Å². The number of carbonyl (C=O) groups is 1. The molecule has 0 unspecified atom stereocenters. The van der Waals surface area contributed by atoms with Gasteiger partial charge >= 0.3 is 6.18 Å². The van der Waals surface area contributed by atoms with E-state index in [1.165, 1.54) is 12.1 Å². The largest absolute Gasteiger partial charge is 0.497 e. The molecule has 1 saturated heterocycles. The highest BCUT2D eigenvalue weighted by Crippen LogP contribution is 2.44. The van der Waals surface area contributed by atoms with Gasteiger partial charge in [0.05, 0.1) is 19.2 Å². The molecule has 4 rings (SSSR count). The number of anilines is 2. The fourth-order valence-corrected chi connectivity index (χ4v) is 5.31. The summed E-state index contributed by atoms with van der Waals surface area (Å²) in [5, 5.41) is 0. The van der Waals surface area contributed by atoms with E-state index in [0.29, 0.717) is 37.8 Å². The van der Waals surface area contributed by atoms with Gasteiger partial charge in [-0.1, -0.05) is 13.0 Å². The lowest BCUT2D eigenvalue weighted by atomic mass is 9.80. The Morgan fingerprint density at radius 1 is 1.09 bits per heavy atom. The summed E-state index contributed by atoms with van der Waals surface area (Å²) >= 11 is 0. The fourth-order valence-electron chi connectivity index (χ4n) is 5.31. The minimum absolute atomic E-state index is 0.0378. The highest BCUT2D eigenvalue weighted by Gasteiger charge is 2.40. The highest BCUT2D eigenvalue weighted by molar-refractivity contribution is 5.97. The number of carbonyl (C=O) groups excluding carboxylic acids is 1. The SMILES string of the molecule is COc1ccc2c(c1)[C@@H](C)CC(C)(C)N2C(=O)CN1CCN(c2cccc(C(F)(F)F)c2)CC1. The Bertz CT molecular complexity index is 1050. The molecule has 5 nitrogen and oxygen atoms in total. The summed E-state index contributed by atoms with van der Waals surface area (Å²) in [6.45, 7) is 9.02. The van der Waals surface area contributed by atoms with E-state index in [-0.39, 0.29) is 18.0 Å². The van der Waals surface area contributed by atoms with Gasteiger partial charge in [0.2, 0.25) is 5.91 Å². The second-order valence-electron chi connectivity index (χ2n) is 9.88. The molecule has 2 aromatic carbocycles. The van der Waals surface area contributed by atoms with Crippen LogP contribution in [0.1, 0.15) is 44.2 Å². The molecular formula is C26H32F3N3O2. The molecule has 34 heavy (non-hydrogen) atoms. The average Bonchev–Trinajstić information content (AvgIpc) is 2.78. The van der Waals surface area contributed by atoms with Crippen LogP contribution in [0.5, 0.6) is 5.75 Å². The zero-order chi connectivity index (χ0) is 24.7.